The molecule has 1 rings (SSSR count). The molecule has 4 heteroatoms. The summed E-state index contributed by atoms with van der Waals surface area (Å²) in [6.07, 6.45) is 0.936. The lowest BCUT2D eigenvalue weighted by Gasteiger charge is -2.28. The van der Waals surface area contributed by atoms with Gasteiger partial charge in [0.2, 0.25) is 5.91 Å². The first kappa shape index (κ1) is 16.5. The molecule has 0 spiro atoms. The van der Waals surface area contributed by atoms with Crippen LogP contribution in [0.15, 0.2) is 12.1 Å². The number of carbonyl (C=O) groups is 1. The second-order valence-electron chi connectivity index (χ2n) is 5.64. The molecule has 0 saturated carbocycles. The quantitative estimate of drug-likeness (QED) is 0.804. The van der Waals surface area contributed by atoms with Gasteiger partial charge in [0.25, 0.3) is 0 Å². The normalized spacial score (nSPS) is 13.8. The molecule has 0 heterocycles. The highest BCUT2D eigenvalue weighted by Crippen LogP contribution is 2.25. The largest absolute Gasteiger partial charge is 0.491 e. The summed E-state index contributed by atoms with van der Waals surface area (Å²) in [6, 6.07) is 4.15. The monoisotopic (exact) mass is 278 g/mol. The summed E-state index contributed by atoms with van der Waals surface area (Å²) >= 11 is 0. The molecule has 1 atom stereocenters. The first-order valence-corrected chi connectivity index (χ1v) is 7.05. The molecule has 0 aliphatic heterocycles. The lowest BCUT2D eigenvalue weighted by molar-refractivity contribution is -0.125. The van der Waals surface area contributed by atoms with Crippen LogP contribution in [0.5, 0.6) is 5.75 Å². The SMILES string of the molecule is CCCNC(C)(COc1c(C)cc(C)cc1C)C(N)=O. The number of ether oxygens (including phenoxy) is 1. The standard InChI is InChI=1S/C16H26N2O2/c1-6-7-18-16(5,15(17)19)10-20-14-12(3)8-11(2)9-13(14)4/h8-9,18H,6-7,10H2,1-5H3,(H2,17,19). The molecule has 1 amide bonds. The number of hydrogen-bond acceptors (Lipinski definition) is 3. The Hall–Kier alpha value is -1.55. The summed E-state index contributed by atoms with van der Waals surface area (Å²) in [5, 5.41) is 3.17. The van der Waals surface area contributed by atoms with Crippen LogP contribution in [0.3, 0.4) is 0 Å². The predicted octanol–water partition coefficient (Wildman–Crippen LogP) is 2.23. The van der Waals surface area contributed by atoms with Crippen molar-refractivity contribution < 1.29 is 9.53 Å². The lowest BCUT2D eigenvalue weighted by Crippen LogP contribution is -2.57. The summed E-state index contributed by atoms with van der Waals surface area (Å²) in [4.78, 5) is 11.7. The number of nitrogens with two attached hydrogens (primary N) is 1. The van der Waals surface area contributed by atoms with E-state index in [1.54, 1.807) is 6.92 Å². The van der Waals surface area contributed by atoms with Crippen LogP contribution >= 0.6 is 0 Å². The molecule has 0 saturated heterocycles. The van der Waals surface area contributed by atoms with E-state index in [1.165, 1.54) is 5.56 Å². The van der Waals surface area contributed by atoms with Crippen LogP contribution in [0.25, 0.3) is 0 Å². The Morgan fingerprint density at radius 1 is 1.30 bits per heavy atom. The van der Waals surface area contributed by atoms with E-state index in [2.05, 4.69) is 24.4 Å². The van der Waals surface area contributed by atoms with Gasteiger partial charge in [0.15, 0.2) is 0 Å². The van der Waals surface area contributed by atoms with Gasteiger partial charge in [0.05, 0.1) is 0 Å². The summed E-state index contributed by atoms with van der Waals surface area (Å²) < 4.78 is 5.88. The van der Waals surface area contributed by atoms with Crippen LogP contribution in [-0.2, 0) is 4.79 Å². The van der Waals surface area contributed by atoms with E-state index in [9.17, 15) is 4.79 Å². The van der Waals surface area contributed by atoms with Crippen LogP contribution in [-0.4, -0.2) is 24.6 Å². The number of primary amides is 1. The average Bonchev–Trinajstić information content (AvgIpc) is 2.34. The van der Waals surface area contributed by atoms with Gasteiger partial charge in [-0.2, -0.15) is 0 Å². The van der Waals surface area contributed by atoms with Crippen molar-refractivity contribution in [2.75, 3.05) is 13.2 Å². The second kappa shape index (κ2) is 6.75. The van der Waals surface area contributed by atoms with E-state index < -0.39 is 11.4 Å². The Bertz CT molecular complexity index is 462. The zero-order chi connectivity index (χ0) is 15.3. The fourth-order valence-electron chi connectivity index (χ4n) is 2.22. The van der Waals surface area contributed by atoms with Crippen molar-refractivity contribution in [1.82, 2.24) is 5.32 Å². The Morgan fingerprint density at radius 2 is 1.85 bits per heavy atom. The number of amides is 1. The lowest BCUT2D eigenvalue weighted by atomic mass is 10.0. The third-order valence-electron chi connectivity index (χ3n) is 3.42. The summed E-state index contributed by atoms with van der Waals surface area (Å²) in [5.41, 5.74) is 8.00. The third-order valence-corrected chi connectivity index (χ3v) is 3.42. The molecule has 0 aliphatic carbocycles. The van der Waals surface area contributed by atoms with E-state index in [0.717, 1.165) is 29.8 Å². The Balaban J connectivity index is 2.85. The molecule has 1 aromatic carbocycles. The number of carbonyl (C=O) groups excluding carboxylic acids is 1. The van der Waals surface area contributed by atoms with E-state index >= 15 is 0 Å². The fraction of sp³-hybridized carbons (Fsp3) is 0.562. The van der Waals surface area contributed by atoms with Crippen LogP contribution in [0.1, 0.15) is 37.0 Å². The zero-order valence-electron chi connectivity index (χ0n) is 13.2. The molecule has 1 unspecified atom stereocenters. The minimum absolute atomic E-state index is 0.229. The van der Waals surface area contributed by atoms with E-state index in [1.807, 2.05) is 20.8 Å². The van der Waals surface area contributed by atoms with Gasteiger partial charge in [0.1, 0.15) is 17.9 Å². The maximum Gasteiger partial charge on any atom is 0.240 e. The van der Waals surface area contributed by atoms with Crippen molar-refractivity contribution in [1.29, 1.82) is 0 Å². The van der Waals surface area contributed by atoms with E-state index in [4.69, 9.17) is 10.5 Å². The van der Waals surface area contributed by atoms with Crippen molar-refractivity contribution in [2.45, 2.75) is 46.6 Å². The van der Waals surface area contributed by atoms with Crippen LogP contribution in [0, 0.1) is 20.8 Å². The Labute approximate surface area is 121 Å². The summed E-state index contributed by atoms with van der Waals surface area (Å²) in [6.45, 7) is 10.9. The third kappa shape index (κ3) is 3.97. The van der Waals surface area contributed by atoms with Crippen LogP contribution in [0.2, 0.25) is 0 Å². The molecule has 0 aliphatic rings. The van der Waals surface area contributed by atoms with Crippen LogP contribution < -0.4 is 15.8 Å². The smallest absolute Gasteiger partial charge is 0.240 e. The van der Waals surface area contributed by atoms with E-state index in [0.29, 0.717) is 0 Å². The van der Waals surface area contributed by atoms with Gasteiger partial charge in [-0.3, -0.25) is 4.79 Å². The van der Waals surface area contributed by atoms with Gasteiger partial charge in [-0.25, -0.2) is 0 Å². The maximum absolute atomic E-state index is 11.7. The minimum Gasteiger partial charge on any atom is -0.491 e. The van der Waals surface area contributed by atoms with Gasteiger partial charge in [-0.05, 0) is 51.8 Å². The highest BCUT2D eigenvalue weighted by atomic mass is 16.5. The molecular formula is C16H26N2O2. The van der Waals surface area contributed by atoms with Crippen molar-refractivity contribution >= 4 is 5.91 Å². The summed E-state index contributed by atoms with van der Waals surface area (Å²) in [5.74, 6) is 0.440. The van der Waals surface area contributed by atoms with Crippen molar-refractivity contribution in [3.63, 3.8) is 0 Å². The number of benzene rings is 1. The maximum atomic E-state index is 11.7. The van der Waals surface area contributed by atoms with Crippen molar-refractivity contribution in [3.05, 3.63) is 28.8 Å². The van der Waals surface area contributed by atoms with Crippen molar-refractivity contribution in [3.8, 4) is 5.75 Å². The molecule has 0 fully saturated rings. The van der Waals surface area contributed by atoms with Gasteiger partial charge >= 0.3 is 0 Å². The molecule has 3 N–H and O–H groups in total. The highest BCUT2D eigenvalue weighted by Gasteiger charge is 2.31. The van der Waals surface area contributed by atoms with Gasteiger partial charge in [0, 0.05) is 0 Å². The van der Waals surface area contributed by atoms with Crippen LogP contribution in [0.4, 0.5) is 0 Å². The first-order chi connectivity index (χ1) is 9.30. The van der Waals surface area contributed by atoms with Gasteiger partial charge < -0.3 is 15.8 Å². The Kier molecular flexibility index (Phi) is 5.57. The van der Waals surface area contributed by atoms with Gasteiger partial charge in [-0.1, -0.05) is 24.6 Å². The summed E-state index contributed by atoms with van der Waals surface area (Å²) in [7, 11) is 0. The minimum atomic E-state index is -0.847. The molecule has 0 radical (unpaired) electrons. The molecule has 20 heavy (non-hydrogen) atoms. The van der Waals surface area contributed by atoms with Gasteiger partial charge in [-0.15, -0.1) is 0 Å². The van der Waals surface area contributed by atoms with Crippen molar-refractivity contribution in [2.24, 2.45) is 5.73 Å². The number of hydrogen-bond donors (Lipinski definition) is 2. The molecule has 4 nitrogen and oxygen atoms in total. The molecule has 0 bridgehead atoms. The van der Waals surface area contributed by atoms with E-state index in [-0.39, 0.29) is 6.61 Å². The zero-order valence-corrected chi connectivity index (χ0v) is 13.2. The fourth-order valence-corrected chi connectivity index (χ4v) is 2.22. The predicted molar refractivity (Wildman–Crippen MR) is 82.0 cm³/mol. The number of aryl methyl sites for hydroxylation is 3. The number of nitrogens with one attached hydrogen (secondary N) is 1. The average molecular weight is 278 g/mol. The molecule has 112 valence electrons. The topological polar surface area (TPSA) is 64.3 Å². The first-order valence-electron chi connectivity index (χ1n) is 7.05. The molecule has 1 aromatic rings. The molecule has 0 aromatic heterocycles. The Morgan fingerprint density at radius 3 is 2.30 bits per heavy atom. The molecular weight excluding hydrogens is 252 g/mol. The highest BCUT2D eigenvalue weighted by molar-refractivity contribution is 5.84. The number of rotatable bonds is 7. The second-order valence-corrected chi connectivity index (χ2v) is 5.64.